The Morgan fingerprint density at radius 2 is 1.65 bits per heavy atom. The minimum Gasteiger partial charge on any atom is -0.295 e. The fourth-order valence-electron chi connectivity index (χ4n) is 3.47. The number of nitrogens with zero attached hydrogens (tertiary/aromatic N) is 3. The number of hydrogen-bond donors (Lipinski definition) is 2. The molecule has 0 aliphatic heterocycles. The quantitative estimate of drug-likeness (QED) is 0.309. The number of H-pyrrole nitrogens is 1. The largest absolute Gasteiger partial charge is 0.295 e. The third-order valence-corrected chi connectivity index (χ3v) is 5.87. The van der Waals surface area contributed by atoms with Gasteiger partial charge in [0.25, 0.3) is 5.56 Å². The van der Waals surface area contributed by atoms with Crippen molar-refractivity contribution in [1.82, 2.24) is 14.8 Å². The second kappa shape index (κ2) is 8.04. The fraction of sp³-hybridized carbons (Fsp3) is 0.0417. The average Bonchev–Trinajstić information content (AvgIpc) is 3.36. The first-order valence-electron chi connectivity index (χ1n) is 9.83. The van der Waals surface area contributed by atoms with Gasteiger partial charge in [0, 0.05) is 11.3 Å². The van der Waals surface area contributed by atoms with Crippen molar-refractivity contribution >= 4 is 32.4 Å². The van der Waals surface area contributed by atoms with Crippen molar-refractivity contribution < 1.29 is 0 Å². The van der Waals surface area contributed by atoms with Crippen LogP contribution in [0.1, 0.15) is 16.8 Å². The molecule has 0 aliphatic rings. The summed E-state index contributed by atoms with van der Waals surface area (Å²) in [4.78, 5) is 17.9. The molecule has 5 aromatic rings. The Kier molecular flexibility index (Phi) is 4.93. The first-order valence-corrected chi connectivity index (χ1v) is 10.6. The van der Waals surface area contributed by atoms with Crippen LogP contribution in [0.5, 0.6) is 0 Å². The normalized spacial score (nSPS) is 11.7. The summed E-state index contributed by atoms with van der Waals surface area (Å²) in [6.45, 7) is 1.88. The molecule has 152 valence electrons. The van der Waals surface area contributed by atoms with Gasteiger partial charge in [0.2, 0.25) is 5.13 Å². The van der Waals surface area contributed by atoms with Crippen LogP contribution in [0.2, 0.25) is 0 Å². The first kappa shape index (κ1) is 19.0. The van der Waals surface area contributed by atoms with Crippen LogP contribution in [0.15, 0.2) is 94.8 Å². The van der Waals surface area contributed by atoms with Gasteiger partial charge >= 0.3 is 0 Å². The van der Waals surface area contributed by atoms with Crippen molar-refractivity contribution in [3.63, 3.8) is 0 Å². The molecule has 0 amide bonds. The molecule has 3 aromatic carbocycles. The monoisotopic (exact) mass is 425 g/mol. The highest BCUT2D eigenvalue weighted by atomic mass is 32.1. The summed E-state index contributed by atoms with van der Waals surface area (Å²) in [5.41, 5.74) is 7.26. The van der Waals surface area contributed by atoms with E-state index in [9.17, 15) is 4.79 Å². The molecule has 0 saturated heterocycles. The van der Waals surface area contributed by atoms with E-state index < -0.39 is 0 Å². The molecule has 2 heterocycles. The smallest absolute Gasteiger partial charge is 0.281 e. The molecule has 2 N–H and O–H groups in total. The molecule has 2 aromatic heterocycles. The molecule has 6 nitrogen and oxygen atoms in total. The number of thiazole rings is 1. The van der Waals surface area contributed by atoms with Crippen molar-refractivity contribution in [2.24, 2.45) is 5.10 Å². The van der Waals surface area contributed by atoms with Crippen molar-refractivity contribution in [2.75, 3.05) is 5.43 Å². The Bertz CT molecular complexity index is 1400. The number of rotatable bonds is 5. The van der Waals surface area contributed by atoms with Crippen LogP contribution in [0.25, 0.3) is 15.9 Å². The second-order valence-electron chi connectivity index (χ2n) is 7.01. The molecule has 31 heavy (non-hydrogen) atoms. The molecule has 0 atom stereocenters. The van der Waals surface area contributed by atoms with Gasteiger partial charge in [-0.1, -0.05) is 72.0 Å². The van der Waals surface area contributed by atoms with Gasteiger partial charge in [-0.25, -0.2) is 9.67 Å². The van der Waals surface area contributed by atoms with Crippen LogP contribution in [0.3, 0.4) is 0 Å². The molecule has 0 radical (unpaired) electrons. The summed E-state index contributed by atoms with van der Waals surface area (Å²) >= 11 is 1.52. The Balaban J connectivity index is 1.61. The van der Waals surface area contributed by atoms with Gasteiger partial charge < -0.3 is 0 Å². The van der Waals surface area contributed by atoms with E-state index in [1.807, 2.05) is 91.9 Å². The first-order chi connectivity index (χ1) is 15.2. The van der Waals surface area contributed by atoms with Gasteiger partial charge in [-0.15, -0.1) is 0 Å². The van der Waals surface area contributed by atoms with Crippen molar-refractivity contribution in [3.05, 3.63) is 112 Å². The van der Waals surface area contributed by atoms with Crippen LogP contribution in [-0.4, -0.2) is 20.5 Å². The zero-order valence-corrected chi connectivity index (χ0v) is 17.6. The molecular formula is C24H19N5OS. The lowest BCUT2D eigenvalue weighted by molar-refractivity contribution is 0.835. The molecule has 0 spiro atoms. The number of benzene rings is 3. The third-order valence-electron chi connectivity index (χ3n) is 4.93. The van der Waals surface area contributed by atoms with Crippen molar-refractivity contribution in [1.29, 1.82) is 0 Å². The van der Waals surface area contributed by atoms with Gasteiger partial charge in [0.1, 0.15) is 5.71 Å². The van der Waals surface area contributed by atoms with Gasteiger partial charge in [0.15, 0.2) is 0 Å². The SMILES string of the molecule is Cc1[nH]n(-c2ccccc2)c(=O)c1C(=NNc1nc2ccccc2s1)c1ccccc1. The number of aromatic amines is 1. The lowest BCUT2D eigenvalue weighted by Crippen LogP contribution is -2.22. The van der Waals surface area contributed by atoms with Crippen LogP contribution < -0.4 is 11.0 Å². The zero-order valence-electron chi connectivity index (χ0n) is 16.7. The molecule has 5 rings (SSSR count). The Morgan fingerprint density at radius 1 is 0.968 bits per heavy atom. The highest BCUT2D eigenvalue weighted by molar-refractivity contribution is 7.22. The summed E-state index contributed by atoms with van der Waals surface area (Å²) in [6, 6.07) is 27.1. The number of fused-ring (bicyclic) bond motifs is 1. The number of nitrogens with one attached hydrogen (secondary N) is 2. The summed E-state index contributed by atoms with van der Waals surface area (Å²) in [6.07, 6.45) is 0. The van der Waals surface area contributed by atoms with E-state index >= 15 is 0 Å². The van der Waals surface area contributed by atoms with E-state index in [2.05, 4.69) is 20.6 Å². The molecule has 0 unspecified atom stereocenters. The Hall–Kier alpha value is -3.97. The maximum Gasteiger partial charge on any atom is 0.281 e. The van der Waals surface area contributed by atoms with E-state index in [-0.39, 0.29) is 5.56 Å². The summed E-state index contributed by atoms with van der Waals surface area (Å²) in [5.74, 6) is 0. The third kappa shape index (κ3) is 3.67. The molecule has 0 bridgehead atoms. The lowest BCUT2D eigenvalue weighted by Gasteiger charge is -2.05. The number of anilines is 1. The van der Waals surface area contributed by atoms with E-state index in [4.69, 9.17) is 0 Å². The van der Waals surface area contributed by atoms with Gasteiger partial charge in [0.05, 0.1) is 21.5 Å². The van der Waals surface area contributed by atoms with E-state index in [1.54, 1.807) is 4.68 Å². The van der Waals surface area contributed by atoms with Crippen LogP contribution in [0.4, 0.5) is 5.13 Å². The molecular weight excluding hydrogens is 406 g/mol. The number of hydrazone groups is 1. The number of hydrogen-bond acceptors (Lipinski definition) is 5. The van der Waals surface area contributed by atoms with Crippen LogP contribution in [-0.2, 0) is 0 Å². The topological polar surface area (TPSA) is 75.1 Å². The van der Waals surface area contributed by atoms with E-state index in [1.165, 1.54) is 11.3 Å². The van der Waals surface area contributed by atoms with Crippen molar-refractivity contribution in [3.8, 4) is 5.69 Å². The van der Waals surface area contributed by atoms with Crippen LogP contribution in [0, 0.1) is 6.92 Å². The lowest BCUT2D eigenvalue weighted by atomic mass is 10.0. The fourth-order valence-corrected chi connectivity index (χ4v) is 4.28. The van der Waals surface area contributed by atoms with Gasteiger partial charge in [-0.05, 0) is 31.2 Å². The summed E-state index contributed by atoms with van der Waals surface area (Å²) in [7, 11) is 0. The minimum absolute atomic E-state index is 0.155. The molecule has 7 heteroatoms. The number of aryl methyl sites for hydroxylation is 1. The molecule has 0 aliphatic carbocycles. The van der Waals surface area contributed by atoms with E-state index in [0.717, 1.165) is 27.2 Å². The standard InChI is InChI=1S/C24H19N5OS/c1-16-21(23(30)29(28-16)18-12-6-3-7-13-18)22(17-10-4-2-5-11-17)26-27-24-25-19-14-8-9-15-20(19)31-24/h2-15,28H,1H3,(H,25,27). The second-order valence-corrected chi connectivity index (χ2v) is 8.04. The highest BCUT2D eigenvalue weighted by Gasteiger charge is 2.20. The summed E-state index contributed by atoms with van der Waals surface area (Å²) < 4.78 is 2.62. The van der Waals surface area contributed by atoms with E-state index in [0.29, 0.717) is 16.4 Å². The molecule has 0 fully saturated rings. The molecule has 0 saturated carbocycles. The maximum atomic E-state index is 13.4. The predicted molar refractivity (Wildman–Crippen MR) is 126 cm³/mol. The zero-order chi connectivity index (χ0) is 21.2. The Labute approximate surface area is 182 Å². The van der Waals surface area contributed by atoms with Gasteiger partial charge in [-0.2, -0.15) is 5.10 Å². The number of para-hydroxylation sites is 2. The maximum absolute atomic E-state index is 13.4. The minimum atomic E-state index is -0.155. The van der Waals surface area contributed by atoms with Crippen LogP contribution >= 0.6 is 11.3 Å². The predicted octanol–water partition coefficient (Wildman–Crippen LogP) is 4.95. The average molecular weight is 426 g/mol. The summed E-state index contributed by atoms with van der Waals surface area (Å²) in [5, 5.41) is 8.49. The van der Waals surface area contributed by atoms with Crippen molar-refractivity contribution in [2.45, 2.75) is 6.92 Å². The van der Waals surface area contributed by atoms with Gasteiger partial charge in [-0.3, -0.25) is 15.3 Å². The highest BCUT2D eigenvalue weighted by Crippen LogP contribution is 2.25. The Morgan fingerprint density at radius 3 is 2.39 bits per heavy atom. The number of aromatic nitrogens is 3.